The van der Waals surface area contributed by atoms with Gasteiger partial charge in [-0.05, 0) is 44.2 Å². The van der Waals surface area contributed by atoms with Gasteiger partial charge in [-0.3, -0.25) is 0 Å². The molecule has 1 saturated carbocycles. The van der Waals surface area contributed by atoms with Crippen molar-refractivity contribution in [2.45, 2.75) is 26.2 Å². The molecule has 3 aromatic rings. The average molecular weight is 318 g/mol. The smallest absolute Gasteiger partial charge is 0.129 e. The van der Waals surface area contributed by atoms with Crippen molar-refractivity contribution in [3.63, 3.8) is 0 Å². The molecule has 0 unspecified atom stereocenters. The second kappa shape index (κ2) is 4.93. The maximum absolute atomic E-state index is 6.20. The number of hydrogen-bond acceptors (Lipinski definition) is 5. The maximum Gasteiger partial charge on any atom is 0.129 e. The highest BCUT2D eigenvalue weighted by Crippen LogP contribution is 2.49. The van der Waals surface area contributed by atoms with E-state index in [1.165, 1.54) is 27.6 Å². The molecule has 0 amide bonds. The van der Waals surface area contributed by atoms with Crippen molar-refractivity contribution in [2.75, 3.05) is 13.2 Å². The van der Waals surface area contributed by atoms with Crippen LogP contribution in [0.15, 0.2) is 17.5 Å². The third-order valence-electron chi connectivity index (χ3n) is 4.33. The number of fused-ring (bicyclic) bond motifs is 3. The second-order valence-corrected chi connectivity index (χ2v) is 8.10. The van der Waals surface area contributed by atoms with E-state index < -0.39 is 0 Å². The predicted molar refractivity (Wildman–Crippen MR) is 90.6 cm³/mol. The number of aryl methyl sites for hydroxylation is 1. The first-order valence-corrected chi connectivity index (χ1v) is 9.01. The molecule has 1 aliphatic rings. The first-order chi connectivity index (χ1) is 10.2. The van der Waals surface area contributed by atoms with Crippen LogP contribution < -0.4 is 10.5 Å². The van der Waals surface area contributed by atoms with Crippen molar-refractivity contribution in [3.05, 3.63) is 22.5 Å². The molecule has 0 bridgehead atoms. The molecule has 0 radical (unpaired) electrons. The van der Waals surface area contributed by atoms with Crippen LogP contribution in [0.5, 0.6) is 5.75 Å². The lowest BCUT2D eigenvalue weighted by Crippen LogP contribution is -2.17. The van der Waals surface area contributed by atoms with Crippen LogP contribution in [0.4, 0.5) is 0 Å². The number of thiazole rings is 1. The van der Waals surface area contributed by atoms with Crippen LogP contribution in [0, 0.1) is 12.3 Å². The molecular formula is C16H18N2OS2. The molecule has 21 heavy (non-hydrogen) atoms. The lowest BCUT2D eigenvalue weighted by molar-refractivity contribution is 0.229. The van der Waals surface area contributed by atoms with Gasteiger partial charge >= 0.3 is 0 Å². The van der Waals surface area contributed by atoms with Gasteiger partial charge in [0.05, 0.1) is 26.5 Å². The zero-order valence-corrected chi connectivity index (χ0v) is 13.6. The molecule has 110 valence electrons. The first-order valence-electron chi connectivity index (χ1n) is 7.31. The minimum atomic E-state index is 0.343. The normalized spacial score (nSPS) is 16.7. The summed E-state index contributed by atoms with van der Waals surface area (Å²) in [5, 5.41) is 4.43. The van der Waals surface area contributed by atoms with Crippen LogP contribution in [0.3, 0.4) is 0 Å². The van der Waals surface area contributed by atoms with Gasteiger partial charge in [0.25, 0.3) is 0 Å². The van der Waals surface area contributed by atoms with Gasteiger partial charge in [0.15, 0.2) is 0 Å². The SMILES string of the molecule is Cc1nc2c(cc(OCC3(CCN)CC3)c3ccsc32)s1. The lowest BCUT2D eigenvalue weighted by atomic mass is 10.0. The van der Waals surface area contributed by atoms with E-state index in [1.54, 1.807) is 22.7 Å². The number of benzene rings is 1. The van der Waals surface area contributed by atoms with Crippen LogP contribution in [-0.2, 0) is 0 Å². The zero-order chi connectivity index (χ0) is 14.4. The average Bonchev–Trinajstić information content (AvgIpc) is 2.89. The molecular weight excluding hydrogens is 300 g/mol. The highest BCUT2D eigenvalue weighted by atomic mass is 32.1. The summed E-state index contributed by atoms with van der Waals surface area (Å²) in [6.45, 7) is 3.60. The van der Waals surface area contributed by atoms with Crippen LogP contribution in [-0.4, -0.2) is 18.1 Å². The second-order valence-electron chi connectivity index (χ2n) is 5.95. The van der Waals surface area contributed by atoms with E-state index in [0.717, 1.165) is 35.8 Å². The Morgan fingerprint density at radius 1 is 1.43 bits per heavy atom. The molecule has 5 heteroatoms. The molecule has 0 aliphatic heterocycles. The van der Waals surface area contributed by atoms with Gasteiger partial charge in [-0.25, -0.2) is 4.98 Å². The molecule has 1 fully saturated rings. The van der Waals surface area contributed by atoms with E-state index in [4.69, 9.17) is 10.5 Å². The summed E-state index contributed by atoms with van der Waals surface area (Å²) in [6, 6.07) is 4.31. The summed E-state index contributed by atoms with van der Waals surface area (Å²) in [4.78, 5) is 4.66. The van der Waals surface area contributed by atoms with Gasteiger partial charge in [-0.1, -0.05) is 0 Å². The molecule has 1 aromatic carbocycles. The van der Waals surface area contributed by atoms with Crippen molar-refractivity contribution >= 4 is 43.0 Å². The van der Waals surface area contributed by atoms with E-state index in [0.29, 0.717) is 5.41 Å². The molecule has 0 saturated heterocycles. The standard InChI is InChI=1S/C16H18N2OS2/c1-10-18-14-13(21-10)8-12(11-2-7-20-15(11)14)19-9-16(3-4-16)5-6-17/h2,7-8H,3-6,9,17H2,1H3. The molecule has 2 heterocycles. The lowest BCUT2D eigenvalue weighted by Gasteiger charge is -2.15. The fourth-order valence-electron chi connectivity index (χ4n) is 2.89. The van der Waals surface area contributed by atoms with Gasteiger partial charge in [-0.15, -0.1) is 22.7 Å². The van der Waals surface area contributed by atoms with Gasteiger partial charge in [0, 0.05) is 16.9 Å². The molecule has 0 spiro atoms. The Balaban J connectivity index is 1.71. The van der Waals surface area contributed by atoms with Crippen molar-refractivity contribution in [1.82, 2.24) is 4.98 Å². The molecule has 0 atom stereocenters. The molecule has 4 rings (SSSR count). The molecule has 3 nitrogen and oxygen atoms in total. The van der Waals surface area contributed by atoms with Crippen LogP contribution in [0.2, 0.25) is 0 Å². The minimum absolute atomic E-state index is 0.343. The van der Waals surface area contributed by atoms with Crippen molar-refractivity contribution in [1.29, 1.82) is 0 Å². The molecule has 2 N–H and O–H groups in total. The van der Waals surface area contributed by atoms with Gasteiger partial charge < -0.3 is 10.5 Å². The van der Waals surface area contributed by atoms with Crippen molar-refractivity contribution in [2.24, 2.45) is 11.1 Å². The Hall–Kier alpha value is -1.17. The Kier molecular flexibility index (Phi) is 3.17. The maximum atomic E-state index is 6.20. The van der Waals surface area contributed by atoms with E-state index in [9.17, 15) is 0 Å². The van der Waals surface area contributed by atoms with E-state index in [1.807, 2.05) is 0 Å². The van der Waals surface area contributed by atoms with Crippen LogP contribution in [0.25, 0.3) is 20.3 Å². The Bertz CT molecular complexity index is 801. The zero-order valence-electron chi connectivity index (χ0n) is 12.0. The van der Waals surface area contributed by atoms with E-state index in [2.05, 4.69) is 29.4 Å². The van der Waals surface area contributed by atoms with E-state index in [-0.39, 0.29) is 0 Å². The highest BCUT2D eigenvalue weighted by Gasteiger charge is 2.42. The summed E-state index contributed by atoms with van der Waals surface area (Å²) in [5.41, 5.74) is 7.18. The topological polar surface area (TPSA) is 48.1 Å². The fourth-order valence-corrected chi connectivity index (χ4v) is 4.72. The predicted octanol–water partition coefficient (Wildman–Crippen LogP) is 4.33. The number of nitrogens with two attached hydrogens (primary N) is 1. The summed E-state index contributed by atoms with van der Waals surface area (Å²) >= 11 is 3.49. The number of rotatable bonds is 5. The monoisotopic (exact) mass is 318 g/mol. The van der Waals surface area contributed by atoms with Gasteiger partial charge in [0.2, 0.25) is 0 Å². The number of thiophene rings is 1. The Labute approximate surface area is 131 Å². The van der Waals surface area contributed by atoms with Crippen LogP contribution >= 0.6 is 22.7 Å². The van der Waals surface area contributed by atoms with Crippen molar-refractivity contribution < 1.29 is 4.74 Å². The van der Waals surface area contributed by atoms with Crippen LogP contribution in [0.1, 0.15) is 24.3 Å². The summed E-state index contributed by atoms with van der Waals surface area (Å²) in [6.07, 6.45) is 3.57. The number of aromatic nitrogens is 1. The Morgan fingerprint density at radius 2 is 2.29 bits per heavy atom. The third kappa shape index (κ3) is 2.33. The number of ether oxygens (including phenoxy) is 1. The third-order valence-corrected chi connectivity index (χ3v) is 6.17. The minimum Gasteiger partial charge on any atom is -0.492 e. The van der Waals surface area contributed by atoms with Gasteiger partial charge in [-0.2, -0.15) is 0 Å². The number of hydrogen-bond donors (Lipinski definition) is 1. The summed E-state index contributed by atoms with van der Waals surface area (Å²) < 4.78 is 8.67. The fraction of sp³-hybridized carbons (Fsp3) is 0.438. The summed E-state index contributed by atoms with van der Waals surface area (Å²) in [7, 11) is 0. The van der Waals surface area contributed by atoms with Gasteiger partial charge in [0.1, 0.15) is 5.75 Å². The quantitative estimate of drug-likeness (QED) is 0.762. The highest BCUT2D eigenvalue weighted by molar-refractivity contribution is 7.21. The molecule has 2 aromatic heterocycles. The largest absolute Gasteiger partial charge is 0.492 e. The Morgan fingerprint density at radius 3 is 3.05 bits per heavy atom. The van der Waals surface area contributed by atoms with E-state index >= 15 is 0 Å². The van der Waals surface area contributed by atoms with Crippen molar-refractivity contribution in [3.8, 4) is 5.75 Å². The number of nitrogens with zero attached hydrogens (tertiary/aromatic N) is 1. The summed E-state index contributed by atoms with van der Waals surface area (Å²) in [5.74, 6) is 1.01. The first kappa shape index (κ1) is 13.5. The molecule has 1 aliphatic carbocycles.